The van der Waals surface area contributed by atoms with Crippen molar-refractivity contribution in [2.24, 2.45) is 11.8 Å². The number of fused-ring (bicyclic) bond motifs is 1. The third-order valence-electron chi connectivity index (χ3n) is 7.45. The SMILES string of the molecule is Cc1ccc(N2CCC(c3nc4c(s3)CCCC(C3CCC3)CC4)CC2)cn1. The summed E-state index contributed by atoms with van der Waals surface area (Å²) in [4.78, 5) is 13.8. The summed E-state index contributed by atoms with van der Waals surface area (Å²) < 4.78 is 0. The van der Waals surface area contributed by atoms with E-state index in [-0.39, 0.29) is 0 Å². The number of rotatable bonds is 3. The summed E-state index contributed by atoms with van der Waals surface area (Å²) in [5.41, 5.74) is 3.84. The van der Waals surface area contributed by atoms with E-state index >= 15 is 0 Å². The lowest BCUT2D eigenvalue weighted by Crippen LogP contribution is -2.32. The Balaban J connectivity index is 1.22. The Morgan fingerprint density at radius 2 is 1.71 bits per heavy atom. The first-order valence-electron chi connectivity index (χ1n) is 11.4. The molecule has 2 aromatic rings. The van der Waals surface area contributed by atoms with Gasteiger partial charge in [0.05, 0.1) is 22.6 Å². The highest BCUT2D eigenvalue weighted by molar-refractivity contribution is 7.11. The summed E-state index contributed by atoms with van der Waals surface area (Å²) in [6.07, 6.45) is 15.7. The monoisotopic (exact) mass is 395 g/mol. The Bertz CT molecular complexity index is 785. The quantitative estimate of drug-likeness (QED) is 0.646. The number of aromatic nitrogens is 2. The van der Waals surface area contributed by atoms with Crippen molar-refractivity contribution in [3.05, 3.63) is 39.6 Å². The molecule has 150 valence electrons. The predicted molar refractivity (Wildman–Crippen MR) is 117 cm³/mol. The van der Waals surface area contributed by atoms with Crippen molar-refractivity contribution in [1.29, 1.82) is 0 Å². The van der Waals surface area contributed by atoms with Crippen LogP contribution in [0, 0.1) is 18.8 Å². The molecule has 0 amide bonds. The molecule has 2 fully saturated rings. The van der Waals surface area contributed by atoms with Gasteiger partial charge in [-0.3, -0.25) is 4.98 Å². The Morgan fingerprint density at radius 3 is 2.43 bits per heavy atom. The van der Waals surface area contributed by atoms with Crippen LogP contribution >= 0.6 is 11.3 Å². The number of hydrogen-bond donors (Lipinski definition) is 0. The van der Waals surface area contributed by atoms with Gasteiger partial charge in [-0.15, -0.1) is 11.3 Å². The van der Waals surface area contributed by atoms with E-state index in [1.165, 1.54) is 80.6 Å². The molecule has 0 spiro atoms. The van der Waals surface area contributed by atoms with Gasteiger partial charge in [0.1, 0.15) is 0 Å². The zero-order chi connectivity index (χ0) is 18.9. The normalized spacial score (nSPS) is 24.3. The molecule has 1 saturated heterocycles. The predicted octanol–water partition coefficient (Wildman–Crippen LogP) is 5.92. The van der Waals surface area contributed by atoms with Crippen LogP contribution in [0.1, 0.15) is 78.6 Å². The number of nitrogens with zero attached hydrogens (tertiary/aromatic N) is 3. The van der Waals surface area contributed by atoms with Crippen molar-refractivity contribution < 1.29 is 0 Å². The van der Waals surface area contributed by atoms with Crippen molar-refractivity contribution in [2.75, 3.05) is 18.0 Å². The topological polar surface area (TPSA) is 29.0 Å². The second-order valence-corrected chi connectivity index (χ2v) is 10.3. The van der Waals surface area contributed by atoms with Crippen LogP contribution in [0.4, 0.5) is 5.69 Å². The van der Waals surface area contributed by atoms with Crippen LogP contribution in [0.15, 0.2) is 18.3 Å². The minimum atomic E-state index is 0.662. The molecule has 3 nitrogen and oxygen atoms in total. The average Bonchev–Trinajstić information content (AvgIpc) is 3.05. The lowest BCUT2D eigenvalue weighted by Gasteiger charge is -2.34. The Morgan fingerprint density at radius 1 is 0.929 bits per heavy atom. The van der Waals surface area contributed by atoms with E-state index in [0.29, 0.717) is 5.92 Å². The second kappa shape index (κ2) is 8.14. The zero-order valence-corrected chi connectivity index (χ0v) is 18.0. The Hall–Kier alpha value is -1.42. The number of thiazole rings is 1. The highest BCUT2D eigenvalue weighted by Gasteiger charge is 2.30. The lowest BCUT2D eigenvalue weighted by molar-refractivity contribution is 0.181. The fourth-order valence-electron chi connectivity index (χ4n) is 5.37. The Kier molecular flexibility index (Phi) is 5.41. The van der Waals surface area contributed by atoms with Crippen LogP contribution in [0.25, 0.3) is 0 Å². The maximum atomic E-state index is 5.21. The van der Waals surface area contributed by atoms with Crippen molar-refractivity contribution in [1.82, 2.24) is 9.97 Å². The van der Waals surface area contributed by atoms with Gasteiger partial charge in [-0.2, -0.15) is 0 Å². The van der Waals surface area contributed by atoms with Gasteiger partial charge in [0.25, 0.3) is 0 Å². The van der Waals surface area contributed by atoms with Gasteiger partial charge in [-0.25, -0.2) is 4.98 Å². The van der Waals surface area contributed by atoms with E-state index in [4.69, 9.17) is 4.98 Å². The summed E-state index contributed by atoms with van der Waals surface area (Å²) in [7, 11) is 0. The summed E-state index contributed by atoms with van der Waals surface area (Å²) in [6, 6.07) is 4.34. The van der Waals surface area contributed by atoms with Crippen molar-refractivity contribution in [3.8, 4) is 0 Å². The van der Waals surface area contributed by atoms with Gasteiger partial charge < -0.3 is 4.90 Å². The van der Waals surface area contributed by atoms with E-state index in [0.717, 1.165) is 30.6 Å². The van der Waals surface area contributed by atoms with Gasteiger partial charge >= 0.3 is 0 Å². The number of pyridine rings is 1. The van der Waals surface area contributed by atoms with Crippen LogP contribution in [0.3, 0.4) is 0 Å². The molecular weight excluding hydrogens is 362 g/mol. The number of aryl methyl sites for hydroxylation is 3. The van der Waals surface area contributed by atoms with Gasteiger partial charge in [-0.05, 0) is 75.8 Å². The molecule has 0 N–H and O–H groups in total. The molecule has 3 heterocycles. The largest absolute Gasteiger partial charge is 0.370 e. The highest BCUT2D eigenvalue weighted by Crippen LogP contribution is 2.41. The molecule has 0 radical (unpaired) electrons. The first-order valence-corrected chi connectivity index (χ1v) is 12.2. The van der Waals surface area contributed by atoms with Crippen LogP contribution in [0.2, 0.25) is 0 Å². The van der Waals surface area contributed by atoms with Gasteiger partial charge in [-0.1, -0.05) is 19.3 Å². The van der Waals surface area contributed by atoms with Gasteiger partial charge in [0.2, 0.25) is 0 Å². The number of hydrogen-bond acceptors (Lipinski definition) is 4. The van der Waals surface area contributed by atoms with E-state index in [1.54, 1.807) is 4.88 Å². The smallest absolute Gasteiger partial charge is 0.0963 e. The molecule has 0 aromatic carbocycles. The molecule has 1 unspecified atom stereocenters. The molecule has 3 aliphatic rings. The van der Waals surface area contributed by atoms with Crippen molar-refractivity contribution >= 4 is 17.0 Å². The summed E-state index contributed by atoms with van der Waals surface area (Å²) in [6.45, 7) is 4.31. The zero-order valence-electron chi connectivity index (χ0n) is 17.2. The second-order valence-electron chi connectivity index (χ2n) is 9.22. The van der Waals surface area contributed by atoms with Crippen LogP contribution in [0.5, 0.6) is 0 Å². The number of piperidine rings is 1. The van der Waals surface area contributed by atoms with Crippen molar-refractivity contribution in [2.45, 2.75) is 77.0 Å². The van der Waals surface area contributed by atoms with Crippen LogP contribution in [-0.2, 0) is 12.8 Å². The standard InChI is InChI=1S/C24H33N3S/c1-17-8-10-21(16-25-17)27-14-12-20(13-15-27)24-26-22-11-9-19(18-4-2-5-18)6-3-7-23(22)28-24/h8,10,16,18-20H,2-7,9,11-15H2,1H3. The first-order chi connectivity index (χ1) is 13.8. The molecule has 2 aromatic heterocycles. The van der Waals surface area contributed by atoms with E-state index in [9.17, 15) is 0 Å². The van der Waals surface area contributed by atoms with Crippen LogP contribution in [-0.4, -0.2) is 23.1 Å². The lowest BCUT2D eigenvalue weighted by atomic mass is 9.71. The minimum Gasteiger partial charge on any atom is -0.370 e. The third kappa shape index (κ3) is 3.85. The molecule has 1 saturated carbocycles. The molecule has 5 rings (SSSR count). The summed E-state index contributed by atoms with van der Waals surface area (Å²) in [5, 5.41) is 1.44. The maximum Gasteiger partial charge on any atom is 0.0963 e. The molecule has 1 atom stereocenters. The highest BCUT2D eigenvalue weighted by atomic mass is 32.1. The molecule has 2 aliphatic carbocycles. The fraction of sp³-hybridized carbons (Fsp3) is 0.667. The third-order valence-corrected chi connectivity index (χ3v) is 8.77. The van der Waals surface area contributed by atoms with Gasteiger partial charge in [0.15, 0.2) is 0 Å². The fourth-order valence-corrected chi connectivity index (χ4v) is 6.70. The molecule has 28 heavy (non-hydrogen) atoms. The van der Waals surface area contributed by atoms with E-state index in [1.807, 2.05) is 6.20 Å². The number of anilines is 1. The summed E-state index contributed by atoms with van der Waals surface area (Å²) >= 11 is 2.05. The van der Waals surface area contributed by atoms with Crippen molar-refractivity contribution in [3.63, 3.8) is 0 Å². The summed E-state index contributed by atoms with van der Waals surface area (Å²) in [5.74, 6) is 2.69. The first kappa shape index (κ1) is 18.6. The Labute approximate surface area is 173 Å². The molecular formula is C24H33N3S. The average molecular weight is 396 g/mol. The molecule has 1 aliphatic heterocycles. The maximum absolute atomic E-state index is 5.21. The molecule has 0 bridgehead atoms. The minimum absolute atomic E-state index is 0.662. The van der Waals surface area contributed by atoms with E-state index < -0.39 is 0 Å². The van der Waals surface area contributed by atoms with E-state index in [2.05, 4.69) is 40.3 Å². The van der Waals surface area contributed by atoms with Gasteiger partial charge in [0, 0.05) is 29.6 Å². The van der Waals surface area contributed by atoms with Crippen LogP contribution < -0.4 is 4.90 Å². The molecule has 4 heteroatoms.